The molecule has 0 amide bonds. The smallest absolute Gasteiger partial charge is 0.138 e. The normalized spacial score (nSPS) is 12.7. The van der Waals surface area contributed by atoms with Crippen molar-refractivity contribution in [2.75, 3.05) is 14.2 Å². The van der Waals surface area contributed by atoms with Gasteiger partial charge in [0.15, 0.2) is 0 Å². The number of para-hydroxylation sites is 1. The van der Waals surface area contributed by atoms with Crippen LogP contribution in [0.15, 0.2) is 28.8 Å². The lowest BCUT2D eigenvalue weighted by Crippen LogP contribution is -2.22. The fourth-order valence-electron chi connectivity index (χ4n) is 2.36. The number of benzene rings is 1. The van der Waals surface area contributed by atoms with Crippen LogP contribution in [-0.2, 0) is 6.54 Å². The van der Waals surface area contributed by atoms with Gasteiger partial charge in [0.05, 0.1) is 12.8 Å². The molecule has 0 aliphatic heterocycles. The molecule has 0 saturated carbocycles. The lowest BCUT2D eigenvalue weighted by atomic mass is 10.0. The van der Waals surface area contributed by atoms with Gasteiger partial charge in [-0.3, -0.25) is 4.90 Å². The highest BCUT2D eigenvalue weighted by atomic mass is 16.5. The standard InChI is InChI=1S/C16H22N2O2/c1-11-15(13(3)20-17-11)10-18(4)12(2)14-8-6-7-9-16(14)19-5/h6-9,12H,10H2,1-5H3. The Labute approximate surface area is 120 Å². The van der Waals surface area contributed by atoms with E-state index >= 15 is 0 Å². The van der Waals surface area contributed by atoms with Crippen molar-refractivity contribution in [1.82, 2.24) is 10.1 Å². The molecule has 0 aliphatic carbocycles. The number of methoxy groups -OCH3 is 1. The molecule has 0 radical (unpaired) electrons. The number of aryl methyl sites for hydroxylation is 2. The lowest BCUT2D eigenvalue weighted by molar-refractivity contribution is 0.245. The summed E-state index contributed by atoms with van der Waals surface area (Å²) in [6, 6.07) is 8.38. The van der Waals surface area contributed by atoms with Crippen molar-refractivity contribution in [3.05, 3.63) is 46.8 Å². The van der Waals surface area contributed by atoms with Gasteiger partial charge in [0, 0.05) is 23.7 Å². The summed E-state index contributed by atoms with van der Waals surface area (Å²) in [5.74, 6) is 1.81. The van der Waals surface area contributed by atoms with Crippen LogP contribution >= 0.6 is 0 Å². The molecule has 0 fully saturated rings. The Morgan fingerprint density at radius 3 is 2.60 bits per heavy atom. The molecule has 0 bridgehead atoms. The van der Waals surface area contributed by atoms with E-state index in [4.69, 9.17) is 9.26 Å². The molecule has 4 nitrogen and oxygen atoms in total. The minimum absolute atomic E-state index is 0.250. The van der Waals surface area contributed by atoms with Crippen LogP contribution in [0.1, 0.15) is 35.5 Å². The first-order valence-corrected chi connectivity index (χ1v) is 6.79. The first-order valence-electron chi connectivity index (χ1n) is 6.79. The molecule has 0 N–H and O–H groups in total. The van der Waals surface area contributed by atoms with E-state index in [1.54, 1.807) is 7.11 Å². The molecule has 2 aromatic rings. The van der Waals surface area contributed by atoms with E-state index in [1.807, 2.05) is 32.0 Å². The average molecular weight is 274 g/mol. The second-order valence-electron chi connectivity index (χ2n) is 5.14. The second kappa shape index (κ2) is 6.09. The van der Waals surface area contributed by atoms with Crippen LogP contribution in [0.2, 0.25) is 0 Å². The van der Waals surface area contributed by atoms with E-state index in [-0.39, 0.29) is 6.04 Å². The van der Waals surface area contributed by atoms with Crippen LogP contribution in [0.25, 0.3) is 0 Å². The first kappa shape index (κ1) is 14.6. The maximum absolute atomic E-state index is 5.44. The largest absolute Gasteiger partial charge is 0.496 e. The van der Waals surface area contributed by atoms with Crippen LogP contribution in [0, 0.1) is 13.8 Å². The van der Waals surface area contributed by atoms with Gasteiger partial charge in [0.2, 0.25) is 0 Å². The van der Waals surface area contributed by atoms with Gasteiger partial charge in [0.1, 0.15) is 11.5 Å². The molecule has 2 rings (SSSR count). The van der Waals surface area contributed by atoms with E-state index in [2.05, 4.69) is 30.1 Å². The fourth-order valence-corrected chi connectivity index (χ4v) is 2.36. The third-order valence-electron chi connectivity index (χ3n) is 3.84. The lowest BCUT2D eigenvalue weighted by Gasteiger charge is -2.26. The SMILES string of the molecule is COc1ccccc1C(C)N(C)Cc1c(C)noc1C. The minimum Gasteiger partial charge on any atom is -0.496 e. The van der Waals surface area contributed by atoms with Crippen molar-refractivity contribution < 1.29 is 9.26 Å². The average Bonchev–Trinajstić information content (AvgIpc) is 2.78. The summed E-state index contributed by atoms with van der Waals surface area (Å²) in [6.07, 6.45) is 0. The summed E-state index contributed by atoms with van der Waals surface area (Å²) in [7, 11) is 3.81. The molecule has 0 aliphatic rings. The summed E-state index contributed by atoms with van der Waals surface area (Å²) in [5.41, 5.74) is 3.31. The Kier molecular flexibility index (Phi) is 4.45. The molecular formula is C16H22N2O2. The van der Waals surface area contributed by atoms with E-state index in [0.29, 0.717) is 0 Å². The molecular weight excluding hydrogens is 252 g/mol. The first-order chi connectivity index (χ1) is 9.54. The van der Waals surface area contributed by atoms with Crippen molar-refractivity contribution in [3.63, 3.8) is 0 Å². The summed E-state index contributed by atoms with van der Waals surface area (Å²) in [5, 5.41) is 4.01. The molecule has 0 spiro atoms. The Morgan fingerprint density at radius 2 is 2.00 bits per heavy atom. The Bertz CT molecular complexity index is 558. The van der Waals surface area contributed by atoms with Gasteiger partial charge < -0.3 is 9.26 Å². The third kappa shape index (κ3) is 2.85. The number of aromatic nitrogens is 1. The van der Waals surface area contributed by atoms with Gasteiger partial charge in [-0.25, -0.2) is 0 Å². The maximum Gasteiger partial charge on any atom is 0.138 e. The van der Waals surface area contributed by atoms with Gasteiger partial charge in [-0.05, 0) is 33.9 Å². The molecule has 20 heavy (non-hydrogen) atoms. The molecule has 0 saturated heterocycles. The highest BCUT2D eigenvalue weighted by Gasteiger charge is 2.18. The summed E-state index contributed by atoms with van der Waals surface area (Å²) >= 11 is 0. The van der Waals surface area contributed by atoms with Gasteiger partial charge in [-0.15, -0.1) is 0 Å². The van der Waals surface area contributed by atoms with Crippen molar-refractivity contribution in [3.8, 4) is 5.75 Å². The van der Waals surface area contributed by atoms with Crippen molar-refractivity contribution in [2.24, 2.45) is 0 Å². The number of hydrogen-bond acceptors (Lipinski definition) is 4. The van der Waals surface area contributed by atoms with Crippen LogP contribution < -0.4 is 4.74 Å². The van der Waals surface area contributed by atoms with Crippen LogP contribution in [0.5, 0.6) is 5.75 Å². The number of nitrogens with zero attached hydrogens (tertiary/aromatic N) is 2. The summed E-state index contributed by atoms with van der Waals surface area (Å²) in [4.78, 5) is 2.27. The van der Waals surface area contributed by atoms with E-state index in [0.717, 1.165) is 29.3 Å². The van der Waals surface area contributed by atoms with Crippen molar-refractivity contribution >= 4 is 0 Å². The molecule has 1 aromatic carbocycles. The zero-order valence-electron chi connectivity index (χ0n) is 12.8. The van der Waals surface area contributed by atoms with Gasteiger partial charge in [-0.1, -0.05) is 23.4 Å². The molecule has 1 aromatic heterocycles. The monoisotopic (exact) mass is 274 g/mol. The number of hydrogen-bond donors (Lipinski definition) is 0. The third-order valence-corrected chi connectivity index (χ3v) is 3.84. The molecule has 108 valence electrons. The topological polar surface area (TPSA) is 38.5 Å². The fraction of sp³-hybridized carbons (Fsp3) is 0.438. The second-order valence-corrected chi connectivity index (χ2v) is 5.14. The van der Waals surface area contributed by atoms with Gasteiger partial charge in [-0.2, -0.15) is 0 Å². The van der Waals surface area contributed by atoms with Crippen LogP contribution in [-0.4, -0.2) is 24.2 Å². The minimum atomic E-state index is 0.250. The van der Waals surface area contributed by atoms with E-state index in [1.165, 1.54) is 5.56 Å². The Morgan fingerprint density at radius 1 is 1.30 bits per heavy atom. The Balaban J connectivity index is 2.18. The quantitative estimate of drug-likeness (QED) is 0.836. The highest BCUT2D eigenvalue weighted by Crippen LogP contribution is 2.29. The summed E-state index contributed by atoms with van der Waals surface area (Å²) < 4.78 is 10.7. The zero-order chi connectivity index (χ0) is 14.7. The zero-order valence-corrected chi connectivity index (χ0v) is 12.8. The van der Waals surface area contributed by atoms with E-state index in [9.17, 15) is 0 Å². The van der Waals surface area contributed by atoms with Crippen LogP contribution in [0.3, 0.4) is 0 Å². The Hall–Kier alpha value is -1.81. The van der Waals surface area contributed by atoms with Crippen molar-refractivity contribution in [1.29, 1.82) is 0 Å². The predicted molar refractivity (Wildman–Crippen MR) is 78.9 cm³/mol. The molecule has 1 unspecified atom stereocenters. The molecule has 1 atom stereocenters. The van der Waals surface area contributed by atoms with Gasteiger partial charge in [0.25, 0.3) is 0 Å². The maximum atomic E-state index is 5.44. The van der Waals surface area contributed by atoms with Gasteiger partial charge >= 0.3 is 0 Å². The van der Waals surface area contributed by atoms with Crippen molar-refractivity contribution in [2.45, 2.75) is 33.4 Å². The predicted octanol–water partition coefficient (Wildman–Crippen LogP) is 3.49. The molecule has 1 heterocycles. The van der Waals surface area contributed by atoms with Crippen LogP contribution in [0.4, 0.5) is 0 Å². The number of ether oxygens (including phenoxy) is 1. The highest BCUT2D eigenvalue weighted by molar-refractivity contribution is 5.35. The summed E-state index contributed by atoms with van der Waals surface area (Å²) in [6.45, 7) is 6.92. The molecule has 4 heteroatoms. The number of rotatable bonds is 5. The van der Waals surface area contributed by atoms with E-state index < -0.39 is 0 Å².